The Balaban J connectivity index is 1.98. The fourth-order valence-corrected chi connectivity index (χ4v) is 4.53. The van der Waals surface area contributed by atoms with E-state index in [1.807, 2.05) is 6.92 Å². The Morgan fingerprint density at radius 1 is 1.08 bits per heavy atom. The second-order valence-corrected chi connectivity index (χ2v) is 7.88. The minimum atomic E-state index is -0.803. The second-order valence-electron chi connectivity index (χ2n) is 7.88. The van der Waals surface area contributed by atoms with Gasteiger partial charge in [0.25, 0.3) is 0 Å². The molecule has 1 unspecified atom stereocenters. The third-order valence-electron chi connectivity index (χ3n) is 6.08. The normalized spacial score (nSPS) is 26.8. The van der Waals surface area contributed by atoms with Gasteiger partial charge < -0.3 is 15.5 Å². The summed E-state index contributed by atoms with van der Waals surface area (Å²) in [5.41, 5.74) is -0.554. The Labute approximate surface area is 149 Å². The first kappa shape index (κ1) is 19.7. The Kier molecular flexibility index (Phi) is 6.85. The highest BCUT2D eigenvalue weighted by atomic mass is 16.4. The van der Waals surface area contributed by atoms with Crippen LogP contribution in [0, 0.1) is 17.3 Å². The largest absolute Gasteiger partial charge is 0.481 e. The Bertz CT molecular complexity index is 490. The molecule has 3 N–H and O–H groups in total. The van der Waals surface area contributed by atoms with Crippen LogP contribution in [-0.4, -0.2) is 34.1 Å². The maximum atomic E-state index is 13.0. The lowest BCUT2D eigenvalue weighted by atomic mass is 9.75. The highest BCUT2D eigenvalue weighted by molar-refractivity contribution is 5.84. The van der Waals surface area contributed by atoms with Gasteiger partial charge in [-0.25, -0.2) is 0 Å². The summed E-state index contributed by atoms with van der Waals surface area (Å²) in [5, 5.41) is 21.7. The van der Waals surface area contributed by atoms with Crippen LogP contribution in [0.25, 0.3) is 0 Å². The van der Waals surface area contributed by atoms with Crippen molar-refractivity contribution in [2.24, 2.45) is 17.3 Å². The van der Waals surface area contributed by atoms with Gasteiger partial charge in [-0.05, 0) is 51.4 Å². The molecule has 6 heteroatoms. The van der Waals surface area contributed by atoms with Gasteiger partial charge in [-0.15, -0.1) is 0 Å². The summed E-state index contributed by atoms with van der Waals surface area (Å²) in [7, 11) is 0. The molecule has 6 nitrogen and oxygen atoms in total. The van der Waals surface area contributed by atoms with Crippen molar-refractivity contribution < 1.29 is 24.6 Å². The molecule has 0 aromatic rings. The van der Waals surface area contributed by atoms with Crippen molar-refractivity contribution in [3.63, 3.8) is 0 Å². The van der Waals surface area contributed by atoms with Crippen LogP contribution < -0.4 is 5.32 Å². The molecule has 0 spiro atoms. The van der Waals surface area contributed by atoms with Crippen molar-refractivity contribution in [1.29, 1.82) is 0 Å². The third kappa shape index (κ3) is 4.95. The predicted molar refractivity (Wildman–Crippen MR) is 93.1 cm³/mol. The summed E-state index contributed by atoms with van der Waals surface area (Å²) < 4.78 is 0. The third-order valence-corrected chi connectivity index (χ3v) is 6.08. The van der Waals surface area contributed by atoms with Gasteiger partial charge in [0.1, 0.15) is 0 Å². The monoisotopic (exact) mass is 353 g/mol. The maximum absolute atomic E-state index is 13.0. The van der Waals surface area contributed by atoms with E-state index < -0.39 is 23.3 Å². The van der Waals surface area contributed by atoms with Gasteiger partial charge in [-0.1, -0.05) is 26.2 Å². The first-order chi connectivity index (χ1) is 11.9. The topological polar surface area (TPSA) is 104 Å². The molecule has 2 aliphatic carbocycles. The lowest BCUT2D eigenvalue weighted by Crippen LogP contribution is -2.47. The van der Waals surface area contributed by atoms with E-state index >= 15 is 0 Å². The molecule has 2 saturated carbocycles. The van der Waals surface area contributed by atoms with Crippen molar-refractivity contribution in [1.82, 2.24) is 5.32 Å². The summed E-state index contributed by atoms with van der Waals surface area (Å²) in [6, 6.07) is 0.0232. The smallest absolute Gasteiger partial charge is 0.306 e. The van der Waals surface area contributed by atoms with Gasteiger partial charge in [-0.3, -0.25) is 14.4 Å². The van der Waals surface area contributed by atoms with Crippen molar-refractivity contribution in [2.75, 3.05) is 0 Å². The number of nitrogens with one attached hydrogen (secondary N) is 1. The summed E-state index contributed by atoms with van der Waals surface area (Å²) in [4.78, 5) is 35.6. The number of carboxylic acid groups (broad SMARTS) is 2. The molecule has 2 rings (SSSR count). The quantitative estimate of drug-likeness (QED) is 0.622. The number of carbonyl (C=O) groups is 3. The summed E-state index contributed by atoms with van der Waals surface area (Å²) in [6.07, 6.45) is 7.87. The van der Waals surface area contributed by atoms with Crippen LogP contribution in [0.15, 0.2) is 0 Å². The van der Waals surface area contributed by atoms with Crippen LogP contribution in [-0.2, 0) is 14.4 Å². The SMILES string of the molecule is CCCC(CC1(C(=O)N[C@H]2CC[C@@H](C(=O)O)CC2)CCCC1)C(=O)O. The van der Waals surface area contributed by atoms with Crippen molar-refractivity contribution >= 4 is 17.8 Å². The molecular formula is C19H31NO5. The molecule has 0 radical (unpaired) electrons. The zero-order valence-corrected chi connectivity index (χ0v) is 15.1. The van der Waals surface area contributed by atoms with E-state index in [0.717, 1.165) is 32.1 Å². The minimum Gasteiger partial charge on any atom is -0.481 e. The molecule has 0 heterocycles. The molecule has 1 amide bonds. The first-order valence-corrected chi connectivity index (χ1v) is 9.64. The van der Waals surface area contributed by atoms with E-state index in [4.69, 9.17) is 5.11 Å². The van der Waals surface area contributed by atoms with Crippen LogP contribution in [0.4, 0.5) is 0 Å². The number of carbonyl (C=O) groups excluding carboxylic acids is 1. The van der Waals surface area contributed by atoms with Gasteiger partial charge in [0, 0.05) is 6.04 Å². The van der Waals surface area contributed by atoms with Gasteiger partial charge in [0.05, 0.1) is 17.3 Å². The number of aliphatic carboxylic acids is 2. The highest BCUT2D eigenvalue weighted by Crippen LogP contribution is 2.44. The summed E-state index contributed by atoms with van der Waals surface area (Å²) >= 11 is 0. The van der Waals surface area contributed by atoms with Crippen LogP contribution in [0.5, 0.6) is 0 Å². The Hall–Kier alpha value is -1.59. The summed E-state index contributed by atoms with van der Waals surface area (Å²) in [5.74, 6) is -2.32. The van der Waals surface area contributed by atoms with Crippen molar-refractivity contribution in [3.8, 4) is 0 Å². The van der Waals surface area contributed by atoms with E-state index in [0.29, 0.717) is 38.5 Å². The van der Waals surface area contributed by atoms with E-state index in [1.165, 1.54) is 0 Å². The maximum Gasteiger partial charge on any atom is 0.306 e. The zero-order chi connectivity index (χ0) is 18.4. The molecule has 2 fully saturated rings. The molecular weight excluding hydrogens is 322 g/mol. The molecule has 0 aromatic carbocycles. The van der Waals surface area contributed by atoms with Crippen molar-refractivity contribution in [2.45, 2.75) is 83.6 Å². The van der Waals surface area contributed by atoms with E-state index in [9.17, 15) is 19.5 Å². The van der Waals surface area contributed by atoms with Gasteiger partial charge >= 0.3 is 11.9 Å². The molecule has 0 saturated heterocycles. The Morgan fingerprint density at radius 2 is 1.68 bits per heavy atom. The highest BCUT2D eigenvalue weighted by Gasteiger charge is 2.44. The zero-order valence-electron chi connectivity index (χ0n) is 15.1. The summed E-state index contributed by atoms with van der Waals surface area (Å²) in [6.45, 7) is 1.97. The van der Waals surface area contributed by atoms with Gasteiger partial charge in [-0.2, -0.15) is 0 Å². The standard InChI is InChI=1S/C19H31NO5/c1-2-5-14(17(23)24)12-19(10-3-4-11-19)18(25)20-15-8-6-13(7-9-15)16(21)22/h13-15H,2-12H2,1H3,(H,20,25)(H,21,22)(H,23,24)/t13-,14?,15+. The number of carboxylic acids is 2. The Morgan fingerprint density at radius 3 is 2.16 bits per heavy atom. The number of amides is 1. The number of rotatable bonds is 8. The van der Waals surface area contributed by atoms with Crippen LogP contribution in [0.3, 0.4) is 0 Å². The number of hydrogen-bond acceptors (Lipinski definition) is 3. The first-order valence-electron chi connectivity index (χ1n) is 9.64. The fourth-order valence-electron chi connectivity index (χ4n) is 4.53. The number of hydrogen-bond donors (Lipinski definition) is 3. The lowest BCUT2D eigenvalue weighted by Gasteiger charge is -2.34. The fraction of sp³-hybridized carbons (Fsp3) is 0.842. The van der Waals surface area contributed by atoms with E-state index in [-0.39, 0.29) is 17.9 Å². The minimum absolute atomic E-state index is 0.00821. The second kappa shape index (κ2) is 8.68. The van der Waals surface area contributed by atoms with Crippen molar-refractivity contribution in [3.05, 3.63) is 0 Å². The average Bonchev–Trinajstić information content (AvgIpc) is 3.05. The van der Waals surface area contributed by atoms with Crippen LogP contribution in [0.1, 0.15) is 77.6 Å². The van der Waals surface area contributed by atoms with E-state index in [1.54, 1.807) is 0 Å². The average molecular weight is 353 g/mol. The molecule has 0 aromatic heterocycles. The molecule has 0 aliphatic heterocycles. The van der Waals surface area contributed by atoms with E-state index in [2.05, 4.69) is 5.32 Å². The molecule has 1 atom stereocenters. The van der Waals surface area contributed by atoms with Crippen LogP contribution in [0.2, 0.25) is 0 Å². The van der Waals surface area contributed by atoms with Crippen LogP contribution >= 0.6 is 0 Å². The molecule has 2 aliphatic rings. The van der Waals surface area contributed by atoms with Gasteiger partial charge in [0.2, 0.25) is 5.91 Å². The lowest BCUT2D eigenvalue weighted by molar-refractivity contribution is -0.145. The predicted octanol–water partition coefficient (Wildman–Crippen LogP) is 3.20. The molecule has 142 valence electrons. The molecule has 0 bridgehead atoms. The van der Waals surface area contributed by atoms with Gasteiger partial charge in [0.15, 0.2) is 0 Å². The molecule has 25 heavy (non-hydrogen) atoms.